The first-order chi connectivity index (χ1) is 17.4. The maximum Gasteiger partial charge on any atom is 0.247 e. The number of fused-ring (bicyclic) bond motifs is 3. The minimum absolute atomic E-state index is 0.0676. The Morgan fingerprint density at radius 1 is 1.14 bits per heavy atom. The molecule has 2 unspecified atom stereocenters. The van der Waals surface area contributed by atoms with Gasteiger partial charge in [-0.25, -0.2) is 0 Å². The summed E-state index contributed by atoms with van der Waals surface area (Å²) in [6.07, 6.45) is 3.59. The van der Waals surface area contributed by atoms with Gasteiger partial charge in [0, 0.05) is 31.1 Å². The minimum atomic E-state index is -0.563. The van der Waals surface area contributed by atoms with Crippen LogP contribution in [0.5, 0.6) is 11.5 Å². The third-order valence-corrected chi connectivity index (χ3v) is 8.28. The van der Waals surface area contributed by atoms with Crippen molar-refractivity contribution >= 4 is 23.3 Å². The summed E-state index contributed by atoms with van der Waals surface area (Å²) in [7, 11) is 0. The molecule has 4 aliphatic rings. The van der Waals surface area contributed by atoms with E-state index in [0.29, 0.717) is 44.9 Å². The zero-order valence-corrected chi connectivity index (χ0v) is 20.1. The first-order valence-corrected chi connectivity index (χ1v) is 12.7. The van der Waals surface area contributed by atoms with Crippen molar-refractivity contribution in [3.05, 3.63) is 53.6 Å². The molecule has 9 heteroatoms. The normalized spacial score (nSPS) is 24.7. The number of phenolic OH excluding ortho intramolecular Hbond substituents is 2. The Hall–Kier alpha value is -3.59. The van der Waals surface area contributed by atoms with Crippen LogP contribution in [0.4, 0.5) is 5.69 Å². The average molecular weight is 490 g/mol. The van der Waals surface area contributed by atoms with E-state index < -0.39 is 5.54 Å². The zero-order valence-electron chi connectivity index (χ0n) is 20.1. The Bertz CT molecular complexity index is 1220. The molecule has 2 amide bonds. The summed E-state index contributed by atoms with van der Waals surface area (Å²) in [4.78, 5) is 34.8. The number of nitrogens with zero attached hydrogens (tertiary/aromatic N) is 3. The fraction of sp³-hybridized carbons (Fsp3) is 0.444. The number of carbonyl (C=O) groups is 2. The van der Waals surface area contributed by atoms with Crippen LogP contribution in [-0.4, -0.2) is 70.6 Å². The number of amidine groups is 1. The van der Waals surface area contributed by atoms with Crippen LogP contribution in [0.1, 0.15) is 42.7 Å². The number of aromatic hydroxyl groups is 2. The molecule has 2 aromatic rings. The molecule has 4 N–H and O–H groups in total. The lowest BCUT2D eigenvalue weighted by Crippen LogP contribution is -2.57. The van der Waals surface area contributed by atoms with Gasteiger partial charge in [0.25, 0.3) is 0 Å². The predicted octanol–water partition coefficient (Wildman–Crippen LogP) is 1.84. The number of amides is 2. The van der Waals surface area contributed by atoms with Crippen LogP contribution in [0.2, 0.25) is 0 Å². The molecule has 36 heavy (non-hydrogen) atoms. The molecule has 3 aliphatic heterocycles. The second-order valence-electron chi connectivity index (χ2n) is 10.3. The summed E-state index contributed by atoms with van der Waals surface area (Å²) in [5.74, 6) is 0.567. The Labute approximate surface area is 209 Å². The Morgan fingerprint density at radius 3 is 2.67 bits per heavy atom. The molecular weight excluding hydrogens is 458 g/mol. The van der Waals surface area contributed by atoms with Gasteiger partial charge < -0.3 is 25.7 Å². The van der Waals surface area contributed by atoms with Gasteiger partial charge in [0.05, 0.1) is 19.3 Å². The van der Waals surface area contributed by atoms with E-state index in [4.69, 9.17) is 4.99 Å². The molecule has 2 fully saturated rings. The van der Waals surface area contributed by atoms with Crippen molar-refractivity contribution in [2.45, 2.75) is 49.6 Å². The number of phenols is 2. The highest BCUT2D eigenvalue weighted by atomic mass is 16.3. The van der Waals surface area contributed by atoms with Crippen LogP contribution in [-0.2, 0) is 16.0 Å². The van der Waals surface area contributed by atoms with Gasteiger partial charge in [0.15, 0.2) is 11.5 Å². The third-order valence-electron chi connectivity index (χ3n) is 8.28. The van der Waals surface area contributed by atoms with Gasteiger partial charge in [-0.3, -0.25) is 19.5 Å². The lowest BCUT2D eigenvalue weighted by molar-refractivity contribution is -0.125. The van der Waals surface area contributed by atoms with E-state index in [1.165, 1.54) is 0 Å². The standard InChI is InChI=1S/C27H31N5O4/c33-22-12-17-6-7-21-20(19(17)13-23(22)34)14-24(29-21)30-25(35)15-31-10-8-27(9-11-31)26(36)28-16-32(27)18-4-2-1-3-5-18/h1-5,12-13,20-21,33-34H,6-11,14-16H2,(H,28,36)(H,29,30,35). The SMILES string of the molecule is O=C(CN1CCC2(CC1)C(=O)NCN2c1ccccc1)NC1=NC2CCc3cc(O)c(O)cc3C2C1. The molecule has 0 bridgehead atoms. The van der Waals surface area contributed by atoms with Crippen LogP contribution in [0.3, 0.4) is 0 Å². The van der Waals surface area contributed by atoms with Crippen molar-refractivity contribution < 1.29 is 19.8 Å². The average Bonchev–Trinajstić information content (AvgIpc) is 3.43. The van der Waals surface area contributed by atoms with Crippen molar-refractivity contribution in [1.82, 2.24) is 15.5 Å². The van der Waals surface area contributed by atoms with Crippen LogP contribution in [0, 0.1) is 0 Å². The van der Waals surface area contributed by atoms with Crippen molar-refractivity contribution in [1.29, 1.82) is 0 Å². The van der Waals surface area contributed by atoms with E-state index in [1.54, 1.807) is 12.1 Å². The number of likely N-dealkylation sites (tertiary alicyclic amines) is 1. The van der Waals surface area contributed by atoms with Crippen LogP contribution in [0.15, 0.2) is 47.5 Å². The molecule has 2 saturated heterocycles. The van der Waals surface area contributed by atoms with E-state index >= 15 is 0 Å². The summed E-state index contributed by atoms with van der Waals surface area (Å²) in [5.41, 5.74) is 2.52. The molecule has 188 valence electrons. The number of aliphatic imine (C=N–C) groups is 1. The summed E-state index contributed by atoms with van der Waals surface area (Å²) < 4.78 is 0. The van der Waals surface area contributed by atoms with Gasteiger partial charge in [-0.05, 0) is 61.1 Å². The summed E-state index contributed by atoms with van der Waals surface area (Å²) in [6.45, 7) is 2.10. The first-order valence-electron chi connectivity index (χ1n) is 12.7. The van der Waals surface area contributed by atoms with E-state index in [1.807, 2.05) is 30.3 Å². The van der Waals surface area contributed by atoms with Crippen LogP contribution >= 0.6 is 0 Å². The number of benzene rings is 2. The van der Waals surface area contributed by atoms with Gasteiger partial charge in [0.2, 0.25) is 11.8 Å². The van der Waals surface area contributed by atoms with Gasteiger partial charge in [-0.15, -0.1) is 0 Å². The molecule has 0 saturated carbocycles. The van der Waals surface area contributed by atoms with Crippen LogP contribution < -0.4 is 15.5 Å². The first kappa shape index (κ1) is 22.8. The molecule has 3 heterocycles. The molecule has 2 atom stereocenters. The number of piperidine rings is 1. The van der Waals surface area contributed by atoms with Crippen molar-refractivity contribution in [2.75, 3.05) is 31.2 Å². The topological polar surface area (TPSA) is 118 Å². The third kappa shape index (κ3) is 3.87. The maximum absolute atomic E-state index is 12.9. The molecule has 0 radical (unpaired) electrons. The number of carbonyl (C=O) groups excluding carboxylic acids is 2. The Balaban J connectivity index is 1.06. The Kier molecular flexibility index (Phi) is 5.59. The summed E-state index contributed by atoms with van der Waals surface area (Å²) >= 11 is 0. The van der Waals surface area contributed by atoms with E-state index in [-0.39, 0.29) is 41.8 Å². The molecule has 2 aromatic carbocycles. The zero-order chi connectivity index (χ0) is 24.9. The monoisotopic (exact) mass is 489 g/mol. The molecule has 1 spiro atoms. The number of rotatable bonds is 3. The van der Waals surface area contributed by atoms with E-state index in [9.17, 15) is 19.8 Å². The summed E-state index contributed by atoms with van der Waals surface area (Å²) in [6, 6.07) is 13.4. The van der Waals surface area contributed by atoms with Crippen molar-refractivity contribution in [3.8, 4) is 11.5 Å². The van der Waals surface area contributed by atoms with Crippen molar-refractivity contribution in [2.24, 2.45) is 4.99 Å². The summed E-state index contributed by atoms with van der Waals surface area (Å²) in [5, 5.41) is 25.8. The molecule has 9 nitrogen and oxygen atoms in total. The number of para-hydroxylation sites is 1. The van der Waals surface area contributed by atoms with Gasteiger partial charge >= 0.3 is 0 Å². The minimum Gasteiger partial charge on any atom is -0.504 e. The van der Waals surface area contributed by atoms with Crippen LogP contribution in [0.25, 0.3) is 0 Å². The molecular formula is C27H31N5O4. The van der Waals surface area contributed by atoms with Gasteiger partial charge in [0.1, 0.15) is 11.4 Å². The highest BCUT2D eigenvalue weighted by Gasteiger charge is 2.50. The number of hydrogen-bond acceptors (Lipinski definition) is 7. The number of nitrogens with one attached hydrogen (secondary N) is 2. The number of anilines is 1. The van der Waals surface area contributed by atoms with Crippen molar-refractivity contribution in [3.63, 3.8) is 0 Å². The second-order valence-corrected chi connectivity index (χ2v) is 10.3. The quantitative estimate of drug-likeness (QED) is 0.489. The van der Waals surface area contributed by atoms with Gasteiger partial charge in [-0.2, -0.15) is 0 Å². The smallest absolute Gasteiger partial charge is 0.247 e. The fourth-order valence-electron chi connectivity index (χ4n) is 6.37. The highest BCUT2D eigenvalue weighted by Crippen LogP contribution is 2.43. The molecule has 0 aromatic heterocycles. The Morgan fingerprint density at radius 2 is 1.89 bits per heavy atom. The highest BCUT2D eigenvalue weighted by molar-refractivity contribution is 6.00. The molecule has 1 aliphatic carbocycles. The van der Waals surface area contributed by atoms with E-state index in [2.05, 4.69) is 20.4 Å². The second kappa shape index (κ2) is 8.81. The predicted molar refractivity (Wildman–Crippen MR) is 135 cm³/mol. The number of hydrogen-bond donors (Lipinski definition) is 4. The lowest BCUT2D eigenvalue weighted by Gasteiger charge is -2.43. The van der Waals surface area contributed by atoms with Gasteiger partial charge in [-0.1, -0.05) is 18.2 Å². The lowest BCUT2D eigenvalue weighted by atomic mass is 9.79. The largest absolute Gasteiger partial charge is 0.504 e. The maximum atomic E-state index is 12.9. The fourth-order valence-corrected chi connectivity index (χ4v) is 6.37. The molecule has 6 rings (SSSR count). The number of aryl methyl sites for hydroxylation is 1. The van der Waals surface area contributed by atoms with E-state index in [0.717, 1.165) is 29.7 Å².